The highest BCUT2D eigenvalue weighted by Crippen LogP contribution is 2.39. The molecular formula is C15H20N2O2S. The molecule has 0 atom stereocenters. The third-order valence-corrected chi connectivity index (χ3v) is 5.13. The van der Waals surface area contributed by atoms with Gasteiger partial charge in [-0.3, -0.25) is 0 Å². The number of hydrogen-bond acceptors (Lipinski definition) is 3. The summed E-state index contributed by atoms with van der Waals surface area (Å²) in [6.07, 6.45) is 3.34. The number of benzene rings is 1. The van der Waals surface area contributed by atoms with Crippen molar-refractivity contribution in [2.45, 2.75) is 31.1 Å². The molecule has 2 rings (SSSR count). The molecule has 0 aliphatic heterocycles. The first-order valence-electron chi connectivity index (χ1n) is 6.74. The van der Waals surface area contributed by atoms with Crippen LogP contribution in [0, 0.1) is 17.3 Å². The fraction of sp³-hybridized carbons (Fsp3) is 0.467. The maximum atomic E-state index is 12.3. The van der Waals surface area contributed by atoms with Crippen molar-refractivity contribution in [2.24, 2.45) is 11.1 Å². The van der Waals surface area contributed by atoms with Crippen LogP contribution in [-0.4, -0.2) is 21.5 Å². The van der Waals surface area contributed by atoms with Gasteiger partial charge in [0.05, 0.1) is 11.4 Å². The molecule has 0 aromatic heterocycles. The Labute approximate surface area is 120 Å². The molecule has 0 bridgehead atoms. The fourth-order valence-corrected chi connectivity index (χ4v) is 3.45. The first-order chi connectivity index (χ1) is 9.45. The van der Waals surface area contributed by atoms with Gasteiger partial charge < -0.3 is 5.73 Å². The maximum absolute atomic E-state index is 12.3. The lowest BCUT2D eigenvalue weighted by Crippen LogP contribution is -2.39. The first-order valence-corrected chi connectivity index (χ1v) is 8.22. The van der Waals surface area contributed by atoms with Crippen molar-refractivity contribution in [1.82, 2.24) is 4.72 Å². The van der Waals surface area contributed by atoms with Crippen LogP contribution in [-0.2, 0) is 10.0 Å². The maximum Gasteiger partial charge on any atom is 0.240 e. The van der Waals surface area contributed by atoms with Crippen LogP contribution in [0.1, 0.15) is 31.7 Å². The van der Waals surface area contributed by atoms with Gasteiger partial charge in [-0.2, -0.15) is 0 Å². The lowest BCUT2D eigenvalue weighted by atomic mass is 9.71. The minimum Gasteiger partial charge on any atom is -0.320 e. The number of sulfonamides is 1. The summed E-state index contributed by atoms with van der Waals surface area (Å²) in [5.74, 6) is 5.56. The van der Waals surface area contributed by atoms with Gasteiger partial charge in [0.1, 0.15) is 0 Å². The Bertz CT molecular complexity index is 637. The average molecular weight is 292 g/mol. The molecule has 0 saturated heterocycles. The summed E-state index contributed by atoms with van der Waals surface area (Å²) in [7, 11) is -3.47. The Morgan fingerprint density at radius 1 is 1.40 bits per heavy atom. The van der Waals surface area contributed by atoms with Crippen molar-refractivity contribution < 1.29 is 8.42 Å². The lowest BCUT2D eigenvalue weighted by molar-refractivity contribution is 0.166. The van der Waals surface area contributed by atoms with E-state index in [4.69, 9.17) is 5.73 Å². The predicted molar refractivity (Wildman–Crippen MR) is 79.5 cm³/mol. The third kappa shape index (κ3) is 3.60. The van der Waals surface area contributed by atoms with Crippen molar-refractivity contribution in [3.05, 3.63) is 29.8 Å². The second kappa shape index (κ2) is 5.96. The smallest absolute Gasteiger partial charge is 0.240 e. The van der Waals surface area contributed by atoms with Crippen LogP contribution in [0.15, 0.2) is 29.2 Å². The molecule has 0 spiro atoms. The van der Waals surface area contributed by atoms with Crippen LogP contribution in [0.2, 0.25) is 0 Å². The number of nitrogens with one attached hydrogen (secondary N) is 1. The van der Waals surface area contributed by atoms with Crippen LogP contribution in [0.3, 0.4) is 0 Å². The Kier molecular flexibility index (Phi) is 4.48. The van der Waals surface area contributed by atoms with Gasteiger partial charge in [0.15, 0.2) is 0 Å². The van der Waals surface area contributed by atoms with Crippen molar-refractivity contribution in [2.75, 3.05) is 13.1 Å². The highest BCUT2D eigenvalue weighted by Gasteiger charge is 2.33. The van der Waals surface area contributed by atoms with E-state index in [1.165, 1.54) is 6.42 Å². The summed E-state index contributed by atoms with van der Waals surface area (Å²) in [6.45, 7) is 2.86. The minimum atomic E-state index is -3.47. The number of hydrogen-bond donors (Lipinski definition) is 2. The van der Waals surface area contributed by atoms with Crippen LogP contribution in [0.5, 0.6) is 0 Å². The number of nitrogens with two attached hydrogens (primary N) is 1. The molecule has 108 valence electrons. The molecule has 20 heavy (non-hydrogen) atoms. The van der Waals surface area contributed by atoms with Gasteiger partial charge in [-0.25, -0.2) is 13.1 Å². The normalized spacial score (nSPS) is 16.9. The first kappa shape index (κ1) is 15.0. The molecule has 4 nitrogen and oxygen atoms in total. The van der Waals surface area contributed by atoms with E-state index < -0.39 is 10.0 Å². The average Bonchev–Trinajstić information content (AvgIpc) is 2.41. The summed E-state index contributed by atoms with van der Waals surface area (Å²) in [6, 6.07) is 6.63. The van der Waals surface area contributed by atoms with Gasteiger partial charge in [0, 0.05) is 12.1 Å². The largest absolute Gasteiger partial charge is 0.320 e. The van der Waals surface area contributed by atoms with Crippen molar-refractivity contribution in [1.29, 1.82) is 0 Å². The molecule has 0 heterocycles. The molecule has 3 N–H and O–H groups in total. The molecule has 1 aliphatic carbocycles. The molecule has 1 fully saturated rings. The summed E-state index contributed by atoms with van der Waals surface area (Å²) >= 11 is 0. The van der Waals surface area contributed by atoms with E-state index in [-0.39, 0.29) is 16.9 Å². The van der Waals surface area contributed by atoms with Crippen LogP contribution in [0.25, 0.3) is 0 Å². The van der Waals surface area contributed by atoms with Crippen molar-refractivity contribution in [3.8, 4) is 11.8 Å². The Morgan fingerprint density at radius 3 is 2.75 bits per heavy atom. The van der Waals surface area contributed by atoms with E-state index in [0.717, 1.165) is 12.8 Å². The van der Waals surface area contributed by atoms with Gasteiger partial charge in [-0.15, -0.1) is 0 Å². The molecule has 1 aromatic carbocycles. The zero-order valence-electron chi connectivity index (χ0n) is 11.6. The Balaban J connectivity index is 2.12. The van der Waals surface area contributed by atoms with E-state index in [2.05, 4.69) is 23.5 Å². The molecule has 1 aliphatic rings. The molecule has 1 saturated carbocycles. The second-order valence-corrected chi connectivity index (χ2v) is 7.29. The fourth-order valence-electron chi connectivity index (χ4n) is 2.20. The highest BCUT2D eigenvalue weighted by molar-refractivity contribution is 7.89. The SMILES string of the molecule is CC1(CNS(=O)(=O)c2cccc(C#CCN)c2)CCC1. The molecule has 1 aromatic rings. The van der Waals surface area contributed by atoms with Crippen LogP contribution < -0.4 is 10.5 Å². The molecule has 5 heteroatoms. The van der Waals surface area contributed by atoms with Gasteiger partial charge in [0.25, 0.3) is 0 Å². The number of rotatable bonds is 4. The van der Waals surface area contributed by atoms with Gasteiger partial charge in [-0.1, -0.05) is 31.3 Å². The van der Waals surface area contributed by atoms with Gasteiger partial charge >= 0.3 is 0 Å². The Hall–Kier alpha value is -1.35. The topological polar surface area (TPSA) is 72.2 Å². The van der Waals surface area contributed by atoms with Crippen molar-refractivity contribution >= 4 is 10.0 Å². The highest BCUT2D eigenvalue weighted by atomic mass is 32.2. The van der Waals surface area contributed by atoms with Gasteiger partial charge in [-0.05, 0) is 36.5 Å². The molecular weight excluding hydrogens is 272 g/mol. The zero-order chi connectivity index (χ0) is 14.6. The van der Waals surface area contributed by atoms with Crippen molar-refractivity contribution in [3.63, 3.8) is 0 Å². The van der Waals surface area contributed by atoms with Gasteiger partial charge in [0.2, 0.25) is 10.0 Å². The van der Waals surface area contributed by atoms with E-state index in [1.807, 2.05) is 0 Å². The van der Waals surface area contributed by atoms with Crippen LogP contribution in [0.4, 0.5) is 0 Å². The summed E-state index contributed by atoms with van der Waals surface area (Å²) in [5.41, 5.74) is 6.09. The van der Waals surface area contributed by atoms with E-state index in [0.29, 0.717) is 12.1 Å². The zero-order valence-corrected chi connectivity index (χ0v) is 12.5. The Morgan fingerprint density at radius 2 is 2.15 bits per heavy atom. The quantitative estimate of drug-likeness (QED) is 0.825. The third-order valence-electron chi connectivity index (χ3n) is 3.73. The summed E-state index contributed by atoms with van der Waals surface area (Å²) in [4.78, 5) is 0.254. The van der Waals surface area contributed by atoms with E-state index in [9.17, 15) is 8.42 Å². The van der Waals surface area contributed by atoms with Crippen LogP contribution >= 0.6 is 0 Å². The lowest BCUT2D eigenvalue weighted by Gasteiger charge is -2.38. The second-order valence-electron chi connectivity index (χ2n) is 5.52. The standard InChI is InChI=1S/C15H20N2O2S/c1-15(8-4-9-15)12-17-20(18,19)14-7-2-5-13(11-14)6-3-10-16/h2,5,7,11,17H,4,8-10,12,16H2,1H3. The summed E-state index contributed by atoms with van der Waals surface area (Å²) in [5, 5.41) is 0. The minimum absolute atomic E-state index is 0.115. The predicted octanol–water partition coefficient (Wildman–Crippen LogP) is 1.47. The van der Waals surface area contributed by atoms with E-state index in [1.54, 1.807) is 24.3 Å². The molecule has 0 radical (unpaired) electrons. The van der Waals surface area contributed by atoms with E-state index >= 15 is 0 Å². The molecule has 0 unspecified atom stereocenters. The summed E-state index contributed by atoms with van der Waals surface area (Å²) < 4.78 is 27.2. The monoisotopic (exact) mass is 292 g/mol. The molecule has 0 amide bonds.